The molecule has 1 aliphatic rings. The SMILES string of the molecule is CCOC1(C(NC)c2cc(Br)ccc2F)CCCC(C)C1. The highest BCUT2D eigenvalue weighted by Crippen LogP contribution is 2.44. The minimum atomic E-state index is -0.317. The summed E-state index contributed by atoms with van der Waals surface area (Å²) in [5.74, 6) is 0.436. The van der Waals surface area contributed by atoms with Crippen LogP contribution in [0.5, 0.6) is 0 Å². The minimum absolute atomic E-state index is 0.127. The van der Waals surface area contributed by atoms with Crippen LogP contribution in [0.15, 0.2) is 22.7 Å². The van der Waals surface area contributed by atoms with Crippen LogP contribution in [0, 0.1) is 11.7 Å². The van der Waals surface area contributed by atoms with Gasteiger partial charge in [-0.3, -0.25) is 0 Å². The van der Waals surface area contributed by atoms with Crippen molar-refractivity contribution in [1.82, 2.24) is 5.32 Å². The van der Waals surface area contributed by atoms with Crippen LogP contribution in [-0.2, 0) is 4.74 Å². The molecule has 1 aromatic rings. The van der Waals surface area contributed by atoms with E-state index in [1.807, 2.05) is 20.0 Å². The summed E-state index contributed by atoms with van der Waals surface area (Å²) in [5, 5.41) is 3.32. The zero-order valence-electron chi connectivity index (χ0n) is 13.1. The standard InChI is InChI=1S/C17H25BrFNO/c1-4-21-17(9-5-6-12(2)11-17)16(20-3)14-10-13(18)7-8-15(14)19/h7-8,10,12,16,20H,4-6,9,11H2,1-3H3. The van der Waals surface area contributed by atoms with E-state index >= 15 is 0 Å². The molecule has 1 aromatic carbocycles. The van der Waals surface area contributed by atoms with Crippen LogP contribution in [-0.4, -0.2) is 19.3 Å². The van der Waals surface area contributed by atoms with E-state index in [0.717, 1.165) is 23.7 Å². The van der Waals surface area contributed by atoms with Gasteiger partial charge in [0.2, 0.25) is 0 Å². The largest absolute Gasteiger partial charge is 0.373 e. The van der Waals surface area contributed by atoms with Crippen molar-refractivity contribution in [1.29, 1.82) is 0 Å². The number of ether oxygens (including phenoxy) is 1. The third-order valence-electron chi connectivity index (χ3n) is 4.51. The first-order valence-corrected chi connectivity index (χ1v) is 8.58. The van der Waals surface area contributed by atoms with E-state index in [-0.39, 0.29) is 17.5 Å². The monoisotopic (exact) mass is 357 g/mol. The van der Waals surface area contributed by atoms with Crippen LogP contribution in [0.4, 0.5) is 4.39 Å². The van der Waals surface area contributed by atoms with Crippen molar-refractivity contribution in [2.45, 2.75) is 51.2 Å². The van der Waals surface area contributed by atoms with E-state index in [1.165, 1.54) is 12.5 Å². The molecular formula is C17H25BrFNO. The fraction of sp³-hybridized carbons (Fsp3) is 0.647. The molecular weight excluding hydrogens is 333 g/mol. The van der Waals surface area contributed by atoms with Crippen LogP contribution >= 0.6 is 15.9 Å². The average molecular weight is 358 g/mol. The molecule has 118 valence electrons. The second kappa shape index (κ2) is 7.21. The van der Waals surface area contributed by atoms with Crippen LogP contribution < -0.4 is 5.32 Å². The highest BCUT2D eigenvalue weighted by atomic mass is 79.9. The maximum atomic E-state index is 14.4. The zero-order valence-corrected chi connectivity index (χ0v) is 14.7. The number of halogens is 2. The molecule has 21 heavy (non-hydrogen) atoms. The van der Waals surface area contributed by atoms with Gasteiger partial charge in [-0.25, -0.2) is 4.39 Å². The summed E-state index contributed by atoms with van der Waals surface area (Å²) >= 11 is 3.45. The Labute approximate surface area is 135 Å². The lowest BCUT2D eigenvalue weighted by atomic mass is 9.72. The predicted octanol–water partition coefficient (Wildman–Crippen LogP) is 4.83. The predicted molar refractivity (Wildman–Crippen MR) is 87.9 cm³/mol. The first kappa shape index (κ1) is 16.9. The summed E-state index contributed by atoms with van der Waals surface area (Å²) in [7, 11) is 1.89. The summed E-state index contributed by atoms with van der Waals surface area (Å²) in [6, 6.07) is 5.01. The number of nitrogens with one attached hydrogen (secondary N) is 1. The summed E-state index contributed by atoms with van der Waals surface area (Å²) in [6.07, 6.45) is 4.31. The molecule has 0 heterocycles. The molecule has 1 aliphatic carbocycles. The average Bonchev–Trinajstić information content (AvgIpc) is 2.43. The van der Waals surface area contributed by atoms with Crippen LogP contribution in [0.3, 0.4) is 0 Å². The van der Waals surface area contributed by atoms with Crippen LogP contribution in [0.25, 0.3) is 0 Å². The van der Waals surface area contributed by atoms with Gasteiger partial charge in [-0.05, 0) is 50.9 Å². The highest BCUT2D eigenvalue weighted by Gasteiger charge is 2.43. The van der Waals surface area contributed by atoms with Gasteiger partial charge in [0.25, 0.3) is 0 Å². The van der Waals surface area contributed by atoms with Gasteiger partial charge in [0, 0.05) is 16.6 Å². The Morgan fingerprint density at radius 1 is 1.52 bits per heavy atom. The van der Waals surface area contributed by atoms with Crippen molar-refractivity contribution < 1.29 is 9.13 Å². The molecule has 0 aromatic heterocycles. The van der Waals surface area contributed by atoms with Gasteiger partial charge in [0.05, 0.1) is 11.6 Å². The number of hydrogen-bond donors (Lipinski definition) is 1. The molecule has 0 amide bonds. The summed E-state index contributed by atoms with van der Waals surface area (Å²) in [5.41, 5.74) is 0.373. The molecule has 2 rings (SSSR count). The second-order valence-corrected chi connectivity index (χ2v) is 7.00. The first-order chi connectivity index (χ1) is 10.0. The fourth-order valence-electron chi connectivity index (χ4n) is 3.75. The van der Waals surface area contributed by atoms with Crippen LogP contribution in [0.2, 0.25) is 0 Å². The van der Waals surface area contributed by atoms with Crippen molar-refractivity contribution in [2.24, 2.45) is 5.92 Å². The van der Waals surface area contributed by atoms with E-state index in [1.54, 1.807) is 6.07 Å². The summed E-state index contributed by atoms with van der Waals surface area (Å²) in [4.78, 5) is 0. The number of benzene rings is 1. The van der Waals surface area contributed by atoms with Gasteiger partial charge in [-0.2, -0.15) is 0 Å². The maximum Gasteiger partial charge on any atom is 0.128 e. The van der Waals surface area contributed by atoms with E-state index in [2.05, 4.69) is 28.2 Å². The smallest absolute Gasteiger partial charge is 0.128 e. The molecule has 0 saturated heterocycles. The third kappa shape index (κ3) is 3.66. The lowest BCUT2D eigenvalue weighted by molar-refractivity contribution is -0.101. The lowest BCUT2D eigenvalue weighted by Gasteiger charge is -2.45. The molecule has 0 radical (unpaired) electrons. The maximum absolute atomic E-state index is 14.4. The Morgan fingerprint density at radius 2 is 2.29 bits per heavy atom. The molecule has 4 heteroatoms. The molecule has 1 saturated carbocycles. The van der Waals surface area contributed by atoms with E-state index in [9.17, 15) is 4.39 Å². The molecule has 1 fully saturated rings. The summed E-state index contributed by atoms with van der Waals surface area (Å²) in [6.45, 7) is 4.93. The topological polar surface area (TPSA) is 21.3 Å². The Kier molecular flexibility index (Phi) is 5.81. The van der Waals surface area contributed by atoms with Gasteiger partial charge >= 0.3 is 0 Å². The quantitative estimate of drug-likeness (QED) is 0.814. The molecule has 2 nitrogen and oxygen atoms in total. The minimum Gasteiger partial charge on any atom is -0.373 e. The molecule has 0 aliphatic heterocycles. The molecule has 1 N–H and O–H groups in total. The van der Waals surface area contributed by atoms with Crippen molar-refractivity contribution in [3.8, 4) is 0 Å². The normalized spacial score (nSPS) is 27.6. The van der Waals surface area contributed by atoms with Gasteiger partial charge in [-0.1, -0.05) is 35.7 Å². The molecule has 3 atom stereocenters. The van der Waals surface area contributed by atoms with Gasteiger partial charge in [-0.15, -0.1) is 0 Å². The molecule has 0 bridgehead atoms. The van der Waals surface area contributed by atoms with Gasteiger partial charge in [0.15, 0.2) is 0 Å². The van der Waals surface area contributed by atoms with E-state index in [0.29, 0.717) is 18.1 Å². The number of hydrogen-bond acceptors (Lipinski definition) is 2. The first-order valence-electron chi connectivity index (χ1n) is 7.78. The van der Waals surface area contributed by atoms with Gasteiger partial charge in [0.1, 0.15) is 5.82 Å². The van der Waals surface area contributed by atoms with E-state index in [4.69, 9.17) is 4.74 Å². The Morgan fingerprint density at radius 3 is 2.90 bits per heavy atom. The molecule has 3 unspecified atom stereocenters. The highest BCUT2D eigenvalue weighted by molar-refractivity contribution is 9.10. The summed E-state index contributed by atoms with van der Waals surface area (Å²) < 4.78 is 21.4. The van der Waals surface area contributed by atoms with Crippen molar-refractivity contribution in [2.75, 3.05) is 13.7 Å². The zero-order chi connectivity index (χ0) is 15.5. The fourth-order valence-corrected chi connectivity index (χ4v) is 4.12. The number of rotatable bonds is 5. The Bertz CT molecular complexity index is 478. The lowest BCUT2D eigenvalue weighted by Crippen LogP contribution is -2.48. The second-order valence-electron chi connectivity index (χ2n) is 6.09. The van der Waals surface area contributed by atoms with Crippen molar-refractivity contribution in [3.63, 3.8) is 0 Å². The Hall–Kier alpha value is -0.450. The van der Waals surface area contributed by atoms with E-state index < -0.39 is 0 Å². The number of likely N-dealkylation sites (N-methyl/N-ethyl adjacent to an activating group) is 1. The third-order valence-corrected chi connectivity index (χ3v) is 5.00. The Balaban J connectivity index is 2.42. The van der Waals surface area contributed by atoms with Crippen molar-refractivity contribution >= 4 is 15.9 Å². The van der Waals surface area contributed by atoms with Crippen LogP contribution in [0.1, 0.15) is 51.1 Å². The van der Waals surface area contributed by atoms with Crippen molar-refractivity contribution in [3.05, 3.63) is 34.1 Å². The van der Waals surface area contributed by atoms with Gasteiger partial charge < -0.3 is 10.1 Å². The molecule has 0 spiro atoms.